The number of hydrogen-bond acceptors (Lipinski definition) is 4. The maximum absolute atomic E-state index is 13.4. The van der Waals surface area contributed by atoms with E-state index >= 15 is 0 Å². The molecular weight excluding hydrogens is 438 g/mol. The molecule has 6 heteroatoms. The van der Waals surface area contributed by atoms with E-state index in [9.17, 15) is 14.4 Å². The number of imide groups is 1. The van der Waals surface area contributed by atoms with E-state index in [-0.39, 0.29) is 24.3 Å². The number of hydrogen-bond donors (Lipinski definition) is 0. The van der Waals surface area contributed by atoms with Crippen LogP contribution in [0.1, 0.15) is 48.6 Å². The summed E-state index contributed by atoms with van der Waals surface area (Å²) in [6.07, 6.45) is 3.63. The fraction of sp³-hybridized carbons (Fsp3) is 0.172. The van der Waals surface area contributed by atoms with Crippen LogP contribution in [0, 0.1) is 13.8 Å². The molecule has 0 saturated heterocycles. The number of benzene rings is 3. The third kappa shape index (κ3) is 4.08. The zero-order chi connectivity index (χ0) is 24.5. The van der Waals surface area contributed by atoms with Gasteiger partial charge in [0, 0.05) is 53.2 Å². The van der Waals surface area contributed by atoms with Crippen LogP contribution in [0.3, 0.4) is 0 Å². The molecule has 4 aromatic rings. The Kier molecular flexibility index (Phi) is 5.87. The molecule has 35 heavy (non-hydrogen) atoms. The van der Waals surface area contributed by atoms with Crippen molar-refractivity contribution in [2.24, 2.45) is 0 Å². The van der Waals surface area contributed by atoms with Crippen molar-refractivity contribution in [3.05, 3.63) is 107 Å². The van der Waals surface area contributed by atoms with Gasteiger partial charge in [0.15, 0.2) is 0 Å². The molecule has 0 saturated carbocycles. The van der Waals surface area contributed by atoms with Gasteiger partial charge in [-0.2, -0.15) is 0 Å². The van der Waals surface area contributed by atoms with Crippen LogP contribution in [0.25, 0.3) is 10.8 Å². The molecule has 0 fully saturated rings. The Bertz CT molecular complexity index is 1410. The number of carbonyl (C=O) groups excluding carboxylic acids is 3. The number of amides is 3. The molecule has 0 aliphatic carbocycles. The molecule has 0 unspecified atom stereocenters. The first-order chi connectivity index (χ1) is 17.0. The second-order valence-corrected chi connectivity index (χ2v) is 8.81. The van der Waals surface area contributed by atoms with E-state index in [1.165, 1.54) is 4.90 Å². The highest BCUT2D eigenvalue weighted by Gasteiger charge is 2.32. The maximum Gasteiger partial charge on any atom is 0.261 e. The number of carbonyl (C=O) groups is 3. The predicted octanol–water partition coefficient (Wildman–Crippen LogP) is 5.18. The van der Waals surface area contributed by atoms with Crippen molar-refractivity contribution in [3.63, 3.8) is 0 Å². The Balaban J connectivity index is 1.40. The molecule has 0 spiro atoms. The minimum absolute atomic E-state index is 0.147. The lowest BCUT2D eigenvalue weighted by molar-refractivity contribution is 0.0610. The minimum atomic E-state index is -0.294. The van der Waals surface area contributed by atoms with Crippen molar-refractivity contribution < 1.29 is 14.4 Å². The van der Waals surface area contributed by atoms with E-state index in [1.807, 2.05) is 56.3 Å². The molecule has 3 aromatic carbocycles. The first kappa shape index (κ1) is 22.5. The fourth-order valence-electron chi connectivity index (χ4n) is 4.76. The normalized spacial score (nSPS) is 12.8. The van der Waals surface area contributed by atoms with Crippen LogP contribution in [-0.4, -0.2) is 40.7 Å². The average molecular weight is 464 g/mol. The number of aryl methyl sites for hydroxylation is 2. The van der Waals surface area contributed by atoms with E-state index < -0.39 is 0 Å². The fourth-order valence-corrected chi connectivity index (χ4v) is 4.76. The molecule has 2 heterocycles. The largest absolute Gasteiger partial charge is 0.308 e. The van der Waals surface area contributed by atoms with Crippen LogP contribution in [0.5, 0.6) is 0 Å². The van der Waals surface area contributed by atoms with Crippen LogP contribution in [0.4, 0.5) is 5.69 Å². The van der Waals surface area contributed by atoms with Crippen molar-refractivity contribution in [2.45, 2.75) is 20.3 Å². The molecule has 3 amide bonds. The highest BCUT2D eigenvalue weighted by Crippen LogP contribution is 2.30. The summed E-state index contributed by atoms with van der Waals surface area (Å²) in [6.45, 7) is 4.56. The number of aromatic nitrogens is 1. The van der Waals surface area contributed by atoms with Crippen molar-refractivity contribution in [1.82, 2.24) is 9.88 Å². The summed E-state index contributed by atoms with van der Waals surface area (Å²) in [5.41, 5.74) is 4.51. The first-order valence-electron chi connectivity index (χ1n) is 11.6. The van der Waals surface area contributed by atoms with Gasteiger partial charge in [-0.15, -0.1) is 0 Å². The van der Waals surface area contributed by atoms with Crippen molar-refractivity contribution in [2.75, 3.05) is 18.0 Å². The summed E-state index contributed by atoms with van der Waals surface area (Å²) < 4.78 is 0. The van der Waals surface area contributed by atoms with E-state index in [1.54, 1.807) is 41.6 Å². The smallest absolute Gasteiger partial charge is 0.261 e. The molecule has 0 radical (unpaired) electrons. The van der Waals surface area contributed by atoms with Gasteiger partial charge >= 0.3 is 0 Å². The molecular formula is C29H25N3O3. The second-order valence-electron chi connectivity index (χ2n) is 8.81. The predicted molar refractivity (Wildman–Crippen MR) is 136 cm³/mol. The molecule has 0 bridgehead atoms. The molecule has 0 N–H and O–H groups in total. The maximum atomic E-state index is 13.4. The lowest BCUT2D eigenvalue weighted by atomic mass is 9.94. The Labute approximate surface area is 203 Å². The molecule has 1 aromatic heterocycles. The molecule has 5 rings (SSSR count). The lowest BCUT2D eigenvalue weighted by Crippen LogP contribution is -2.42. The first-order valence-corrected chi connectivity index (χ1v) is 11.6. The van der Waals surface area contributed by atoms with E-state index in [0.717, 1.165) is 22.2 Å². The van der Waals surface area contributed by atoms with Gasteiger partial charge in [0.2, 0.25) is 0 Å². The van der Waals surface area contributed by atoms with Crippen LogP contribution < -0.4 is 4.90 Å². The summed E-state index contributed by atoms with van der Waals surface area (Å²) in [5, 5.41) is 1.59. The number of pyridine rings is 1. The molecule has 174 valence electrons. The lowest BCUT2D eigenvalue weighted by Gasteiger charge is -2.29. The summed E-state index contributed by atoms with van der Waals surface area (Å²) in [5.74, 6) is -0.735. The van der Waals surface area contributed by atoms with Crippen molar-refractivity contribution in [3.8, 4) is 0 Å². The topological polar surface area (TPSA) is 70.6 Å². The Hall–Kier alpha value is -4.32. The summed E-state index contributed by atoms with van der Waals surface area (Å²) in [7, 11) is 0. The third-order valence-corrected chi connectivity index (χ3v) is 6.43. The van der Waals surface area contributed by atoms with Gasteiger partial charge in [-0.25, -0.2) is 0 Å². The molecule has 1 aliphatic heterocycles. The third-order valence-electron chi connectivity index (χ3n) is 6.43. The SMILES string of the molecule is Cc1ccc(N(CCCN2C(=O)c3cccc4cccc(c34)C2=O)C(=O)c2ccncc2)c(C)c1. The van der Waals surface area contributed by atoms with Crippen molar-refractivity contribution in [1.29, 1.82) is 0 Å². The van der Waals surface area contributed by atoms with Crippen LogP contribution in [0.15, 0.2) is 79.1 Å². The Morgan fingerprint density at radius 3 is 2.17 bits per heavy atom. The van der Waals surface area contributed by atoms with Crippen LogP contribution in [-0.2, 0) is 0 Å². The van der Waals surface area contributed by atoms with Gasteiger partial charge < -0.3 is 4.90 Å². The highest BCUT2D eigenvalue weighted by atomic mass is 16.2. The number of rotatable bonds is 6. The summed E-state index contributed by atoms with van der Waals surface area (Å²) in [6, 6.07) is 20.4. The zero-order valence-corrected chi connectivity index (χ0v) is 19.7. The molecule has 6 nitrogen and oxygen atoms in total. The minimum Gasteiger partial charge on any atom is -0.308 e. The van der Waals surface area contributed by atoms with E-state index in [4.69, 9.17) is 0 Å². The summed E-state index contributed by atoms with van der Waals surface area (Å²) >= 11 is 0. The zero-order valence-electron chi connectivity index (χ0n) is 19.7. The molecule has 1 aliphatic rings. The monoisotopic (exact) mass is 463 g/mol. The van der Waals surface area contributed by atoms with Crippen LogP contribution >= 0.6 is 0 Å². The van der Waals surface area contributed by atoms with Gasteiger partial charge in [0.1, 0.15) is 0 Å². The number of nitrogens with zero attached hydrogens (tertiary/aromatic N) is 3. The van der Waals surface area contributed by atoms with Gasteiger partial charge in [-0.1, -0.05) is 42.0 Å². The van der Waals surface area contributed by atoms with Gasteiger partial charge in [0.25, 0.3) is 17.7 Å². The van der Waals surface area contributed by atoms with Crippen molar-refractivity contribution >= 4 is 34.2 Å². The van der Waals surface area contributed by atoms with Crippen LogP contribution in [0.2, 0.25) is 0 Å². The van der Waals surface area contributed by atoms with Gasteiger partial charge in [0.05, 0.1) is 0 Å². The Morgan fingerprint density at radius 2 is 1.54 bits per heavy atom. The second kappa shape index (κ2) is 9.14. The molecule has 0 atom stereocenters. The van der Waals surface area contributed by atoms with E-state index in [2.05, 4.69) is 4.98 Å². The standard InChI is InChI=1S/C29H25N3O3/c1-19-10-11-25(20(2)18-19)31(27(33)22-12-14-30-15-13-22)16-5-17-32-28(34)23-8-3-6-21-7-4-9-24(26(21)23)29(32)35/h3-4,6-15,18H,5,16-17H2,1-2H3. The quantitative estimate of drug-likeness (QED) is 0.369. The summed E-state index contributed by atoms with van der Waals surface area (Å²) in [4.78, 5) is 46.9. The van der Waals surface area contributed by atoms with Gasteiger partial charge in [-0.05, 0) is 61.5 Å². The number of anilines is 1. The van der Waals surface area contributed by atoms with E-state index in [0.29, 0.717) is 35.0 Å². The average Bonchev–Trinajstić information content (AvgIpc) is 2.87. The Morgan fingerprint density at radius 1 is 0.886 bits per heavy atom. The highest BCUT2D eigenvalue weighted by molar-refractivity contribution is 6.25. The van der Waals surface area contributed by atoms with Gasteiger partial charge in [-0.3, -0.25) is 24.3 Å².